The van der Waals surface area contributed by atoms with Gasteiger partial charge in [0.25, 0.3) is 0 Å². The molecule has 0 spiro atoms. The molecule has 0 bridgehead atoms. The fourth-order valence-corrected chi connectivity index (χ4v) is 4.96. The first-order valence-electron chi connectivity index (χ1n) is 11.4. The predicted octanol–water partition coefficient (Wildman–Crippen LogP) is 5.32. The zero-order valence-electron chi connectivity index (χ0n) is 18.5. The van der Waals surface area contributed by atoms with Crippen molar-refractivity contribution in [3.63, 3.8) is 0 Å². The quantitative estimate of drug-likeness (QED) is 0.388. The van der Waals surface area contributed by atoms with Crippen molar-refractivity contribution < 1.29 is 4.79 Å². The zero-order valence-corrected chi connectivity index (χ0v) is 20.0. The summed E-state index contributed by atoms with van der Waals surface area (Å²) in [5, 5.41) is 3.11. The number of imidazole rings is 1. The highest BCUT2D eigenvalue weighted by molar-refractivity contribution is 9.10. The van der Waals surface area contributed by atoms with E-state index in [1.54, 1.807) is 0 Å². The molecule has 33 heavy (non-hydrogen) atoms. The summed E-state index contributed by atoms with van der Waals surface area (Å²) in [6, 6.07) is 26.7. The van der Waals surface area contributed by atoms with E-state index in [0.29, 0.717) is 6.54 Å². The summed E-state index contributed by atoms with van der Waals surface area (Å²) in [6.07, 6.45) is 1.75. The number of benzene rings is 3. The molecule has 1 aromatic heterocycles. The number of likely N-dealkylation sites (tertiary alicyclic amines) is 1. The average Bonchev–Trinajstić information content (AvgIpc) is 3.21. The molecule has 2 heterocycles. The van der Waals surface area contributed by atoms with E-state index >= 15 is 0 Å². The largest absolute Gasteiger partial charge is 0.352 e. The molecule has 5 rings (SSSR count). The number of hydrogen-bond acceptors (Lipinski definition) is 3. The van der Waals surface area contributed by atoms with E-state index in [4.69, 9.17) is 4.98 Å². The van der Waals surface area contributed by atoms with Crippen LogP contribution >= 0.6 is 15.9 Å². The van der Waals surface area contributed by atoms with E-state index in [-0.39, 0.29) is 11.8 Å². The number of amides is 1. The Kier molecular flexibility index (Phi) is 6.55. The second-order valence-corrected chi connectivity index (χ2v) is 9.50. The van der Waals surface area contributed by atoms with Gasteiger partial charge in [-0.05, 0) is 61.8 Å². The number of halogens is 1. The lowest BCUT2D eigenvalue weighted by molar-refractivity contribution is -0.126. The van der Waals surface area contributed by atoms with Gasteiger partial charge in [0.1, 0.15) is 5.82 Å². The smallest absolute Gasteiger partial charge is 0.223 e. The Morgan fingerprint density at radius 3 is 2.52 bits per heavy atom. The van der Waals surface area contributed by atoms with Crippen LogP contribution in [0.15, 0.2) is 83.3 Å². The van der Waals surface area contributed by atoms with Gasteiger partial charge < -0.3 is 5.32 Å². The number of carbonyl (C=O) groups is 1. The molecular formula is C27H27BrN4O. The highest BCUT2D eigenvalue weighted by Crippen LogP contribution is 2.26. The minimum Gasteiger partial charge on any atom is -0.352 e. The van der Waals surface area contributed by atoms with E-state index in [0.717, 1.165) is 65.1 Å². The van der Waals surface area contributed by atoms with Crippen molar-refractivity contribution in [1.29, 1.82) is 0 Å². The number of para-hydroxylation sites is 2. The maximum Gasteiger partial charge on any atom is 0.223 e. The fraction of sp³-hybridized carbons (Fsp3) is 0.259. The normalized spacial score (nSPS) is 15.1. The topological polar surface area (TPSA) is 50.2 Å². The fourth-order valence-electron chi connectivity index (χ4n) is 4.57. The molecule has 0 saturated carbocycles. The Balaban J connectivity index is 1.26. The number of nitrogens with zero attached hydrogens (tertiary/aromatic N) is 3. The van der Waals surface area contributed by atoms with Crippen molar-refractivity contribution in [2.75, 3.05) is 13.1 Å². The first-order chi connectivity index (χ1) is 16.2. The van der Waals surface area contributed by atoms with Gasteiger partial charge in [-0.3, -0.25) is 14.3 Å². The van der Waals surface area contributed by atoms with Gasteiger partial charge in [0.15, 0.2) is 0 Å². The first-order valence-corrected chi connectivity index (χ1v) is 12.2. The molecule has 1 amide bonds. The van der Waals surface area contributed by atoms with Crippen LogP contribution in [0.3, 0.4) is 0 Å². The molecule has 0 atom stereocenters. The number of fused-ring (bicyclic) bond motifs is 1. The molecule has 1 fully saturated rings. The van der Waals surface area contributed by atoms with E-state index in [9.17, 15) is 4.79 Å². The van der Waals surface area contributed by atoms with E-state index in [1.165, 1.54) is 0 Å². The number of piperidine rings is 1. The molecule has 0 radical (unpaired) electrons. The van der Waals surface area contributed by atoms with Crippen LogP contribution in [0.1, 0.15) is 24.2 Å². The summed E-state index contributed by atoms with van der Waals surface area (Å²) >= 11 is 3.60. The van der Waals surface area contributed by atoms with Gasteiger partial charge in [0.2, 0.25) is 5.91 Å². The van der Waals surface area contributed by atoms with Crippen LogP contribution in [0.5, 0.6) is 0 Å². The van der Waals surface area contributed by atoms with Crippen LogP contribution < -0.4 is 5.32 Å². The molecule has 0 unspecified atom stereocenters. The lowest BCUT2D eigenvalue weighted by Gasteiger charge is -2.31. The monoisotopic (exact) mass is 502 g/mol. The Bertz CT molecular complexity index is 1250. The van der Waals surface area contributed by atoms with E-state index < -0.39 is 0 Å². The molecule has 1 saturated heterocycles. The lowest BCUT2D eigenvalue weighted by atomic mass is 9.96. The standard InChI is InChI=1S/C27H27BrN4O/c28-22-9-6-10-23(17-22)32-25-12-5-4-11-24(25)30-26(32)19-31-15-13-21(14-16-31)27(33)29-18-20-7-2-1-3-8-20/h1-12,17,21H,13-16,18-19H2,(H,29,33). The summed E-state index contributed by atoms with van der Waals surface area (Å²) in [6.45, 7) is 3.15. The maximum atomic E-state index is 12.7. The van der Waals surface area contributed by atoms with Gasteiger partial charge in [-0.2, -0.15) is 0 Å². The van der Waals surface area contributed by atoms with Crippen LogP contribution in [-0.4, -0.2) is 33.4 Å². The van der Waals surface area contributed by atoms with Gasteiger partial charge in [-0.15, -0.1) is 0 Å². The minimum absolute atomic E-state index is 0.0776. The van der Waals surface area contributed by atoms with Crippen LogP contribution in [0, 0.1) is 5.92 Å². The zero-order chi connectivity index (χ0) is 22.6. The highest BCUT2D eigenvalue weighted by atomic mass is 79.9. The van der Waals surface area contributed by atoms with Crippen molar-refractivity contribution in [2.24, 2.45) is 5.92 Å². The molecule has 1 aliphatic heterocycles. The van der Waals surface area contributed by atoms with Gasteiger partial charge in [0, 0.05) is 22.6 Å². The Morgan fingerprint density at radius 1 is 0.970 bits per heavy atom. The Labute approximate surface area is 202 Å². The van der Waals surface area contributed by atoms with Crippen molar-refractivity contribution in [3.05, 3.63) is 94.7 Å². The molecule has 168 valence electrons. The summed E-state index contributed by atoms with van der Waals surface area (Å²) in [5.41, 5.74) is 4.35. The van der Waals surface area contributed by atoms with Crippen molar-refractivity contribution >= 4 is 32.9 Å². The number of rotatable bonds is 6. The van der Waals surface area contributed by atoms with Crippen molar-refractivity contribution in [3.8, 4) is 5.69 Å². The molecule has 4 aromatic rings. The highest BCUT2D eigenvalue weighted by Gasteiger charge is 2.26. The third kappa shape index (κ3) is 5.02. The summed E-state index contributed by atoms with van der Waals surface area (Å²) in [4.78, 5) is 20.0. The van der Waals surface area contributed by atoms with E-state index in [1.807, 2.05) is 42.5 Å². The second-order valence-electron chi connectivity index (χ2n) is 8.59. The van der Waals surface area contributed by atoms with Gasteiger partial charge in [0.05, 0.1) is 17.6 Å². The summed E-state index contributed by atoms with van der Waals surface area (Å²) < 4.78 is 3.30. The summed E-state index contributed by atoms with van der Waals surface area (Å²) in [7, 11) is 0. The molecule has 0 aliphatic carbocycles. The molecule has 1 N–H and O–H groups in total. The third-order valence-electron chi connectivity index (χ3n) is 6.33. The van der Waals surface area contributed by atoms with Crippen LogP contribution in [0.25, 0.3) is 16.7 Å². The van der Waals surface area contributed by atoms with Crippen LogP contribution in [0.4, 0.5) is 0 Å². The Morgan fingerprint density at radius 2 is 1.73 bits per heavy atom. The van der Waals surface area contributed by atoms with Gasteiger partial charge in [-0.25, -0.2) is 4.98 Å². The van der Waals surface area contributed by atoms with Crippen molar-refractivity contribution in [1.82, 2.24) is 19.8 Å². The molecule has 6 heteroatoms. The van der Waals surface area contributed by atoms with Gasteiger partial charge >= 0.3 is 0 Å². The minimum atomic E-state index is 0.0776. The summed E-state index contributed by atoms with van der Waals surface area (Å²) in [5.74, 6) is 1.27. The third-order valence-corrected chi connectivity index (χ3v) is 6.82. The lowest BCUT2D eigenvalue weighted by Crippen LogP contribution is -2.40. The molecular weight excluding hydrogens is 476 g/mol. The number of nitrogens with one attached hydrogen (secondary N) is 1. The SMILES string of the molecule is O=C(NCc1ccccc1)C1CCN(Cc2nc3ccccc3n2-c2cccc(Br)c2)CC1. The Hall–Kier alpha value is -2.96. The molecule has 1 aliphatic rings. The van der Waals surface area contributed by atoms with Crippen LogP contribution in [-0.2, 0) is 17.9 Å². The van der Waals surface area contributed by atoms with Crippen molar-refractivity contribution in [2.45, 2.75) is 25.9 Å². The molecule has 3 aromatic carbocycles. The second kappa shape index (κ2) is 9.89. The average molecular weight is 503 g/mol. The van der Waals surface area contributed by atoms with E-state index in [2.05, 4.69) is 67.1 Å². The van der Waals surface area contributed by atoms with Gasteiger partial charge in [-0.1, -0.05) is 64.5 Å². The number of aromatic nitrogens is 2. The number of hydrogen-bond donors (Lipinski definition) is 1. The maximum absolute atomic E-state index is 12.7. The van der Waals surface area contributed by atoms with Crippen LogP contribution in [0.2, 0.25) is 0 Å². The predicted molar refractivity (Wildman–Crippen MR) is 135 cm³/mol. The first kappa shape index (κ1) is 21.9. The number of carbonyl (C=O) groups excluding carboxylic acids is 1. The molecule has 5 nitrogen and oxygen atoms in total.